The summed E-state index contributed by atoms with van der Waals surface area (Å²) in [7, 11) is 0. The molecule has 1 aromatic heterocycles. The highest BCUT2D eigenvalue weighted by Gasteiger charge is 2.20. The zero-order chi connectivity index (χ0) is 11.5. The summed E-state index contributed by atoms with van der Waals surface area (Å²) in [5.74, 6) is -0.131. The summed E-state index contributed by atoms with van der Waals surface area (Å²) in [5, 5.41) is 14.2. The van der Waals surface area contributed by atoms with E-state index < -0.39 is 5.97 Å². The van der Waals surface area contributed by atoms with Crippen molar-refractivity contribution in [3.8, 4) is 0 Å². The molecule has 0 bridgehead atoms. The molecular weight excluding hydrogens is 224 g/mol. The highest BCUT2D eigenvalue weighted by molar-refractivity contribution is 7.11. The predicted octanol–water partition coefficient (Wildman–Crippen LogP) is 2.12. The highest BCUT2D eigenvalue weighted by atomic mass is 32.1. The standard InChI is InChI=1S/C11H16N2O2S/c1-7-2-3-8(4-7)12-5-9-6-16-10(13-9)11(14)15/h6-8,12H,2-5H2,1H3,(H,14,15). The van der Waals surface area contributed by atoms with Crippen molar-refractivity contribution in [1.82, 2.24) is 10.3 Å². The summed E-state index contributed by atoms with van der Waals surface area (Å²) in [5.41, 5.74) is 0.835. The maximum atomic E-state index is 10.6. The molecule has 0 aliphatic heterocycles. The lowest BCUT2D eigenvalue weighted by molar-refractivity contribution is 0.0696. The van der Waals surface area contributed by atoms with Gasteiger partial charge in [0.25, 0.3) is 0 Å². The molecule has 88 valence electrons. The average molecular weight is 240 g/mol. The lowest BCUT2D eigenvalue weighted by Gasteiger charge is -2.10. The van der Waals surface area contributed by atoms with E-state index in [0.29, 0.717) is 12.6 Å². The quantitative estimate of drug-likeness (QED) is 0.846. The Morgan fingerprint density at radius 3 is 3.06 bits per heavy atom. The first-order valence-corrected chi connectivity index (χ1v) is 6.44. The molecule has 4 nitrogen and oxygen atoms in total. The Kier molecular flexibility index (Phi) is 3.56. The van der Waals surface area contributed by atoms with Crippen molar-refractivity contribution in [2.24, 2.45) is 5.92 Å². The molecule has 0 radical (unpaired) electrons. The SMILES string of the molecule is CC1CCC(NCc2csc(C(=O)O)n2)C1. The number of hydrogen-bond donors (Lipinski definition) is 2. The summed E-state index contributed by atoms with van der Waals surface area (Å²) in [6.45, 7) is 2.95. The lowest BCUT2D eigenvalue weighted by atomic mass is 10.1. The second-order valence-corrected chi connectivity index (χ2v) is 5.30. The molecule has 0 amide bonds. The number of carbonyl (C=O) groups is 1. The minimum absolute atomic E-state index is 0.177. The Morgan fingerprint density at radius 2 is 2.50 bits per heavy atom. The average Bonchev–Trinajstić information content (AvgIpc) is 2.83. The summed E-state index contributed by atoms with van der Waals surface area (Å²) < 4.78 is 0. The molecule has 1 fully saturated rings. The summed E-state index contributed by atoms with van der Waals surface area (Å²) >= 11 is 1.19. The Hall–Kier alpha value is -0.940. The van der Waals surface area contributed by atoms with Crippen LogP contribution in [0.4, 0.5) is 0 Å². The number of nitrogens with zero attached hydrogens (tertiary/aromatic N) is 1. The number of aromatic nitrogens is 1. The van der Waals surface area contributed by atoms with Gasteiger partial charge in [-0.2, -0.15) is 0 Å². The van der Waals surface area contributed by atoms with Gasteiger partial charge in [0.15, 0.2) is 0 Å². The molecule has 0 aromatic carbocycles. The van der Waals surface area contributed by atoms with Crippen LogP contribution >= 0.6 is 11.3 Å². The maximum absolute atomic E-state index is 10.6. The maximum Gasteiger partial charge on any atom is 0.365 e. The Bertz CT molecular complexity index is 378. The van der Waals surface area contributed by atoms with Crippen LogP contribution in [0.2, 0.25) is 0 Å². The number of nitrogens with one attached hydrogen (secondary N) is 1. The molecular formula is C11H16N2O2S. The van der Waals surface area contributed by atoms with Crippen molar-refractivity contribution in [3.63, 3.8) is 0 Å². The molecule has 0 spiro atoms. The van der Waals surface area contributed by atoms with Gasteiger partial charge in [-0.1, -0.05) is 6.92 Å². The van der Waals surface area contributed by atoms with Gasteiger partial charge in [0, 0.05) is 18.0 Å². The fourth-order valence-corrected chi connectivity index (χ4v) is 2.78. The molecule has 2 N–H and O–H groups in total. The topological polar surface area (TPSA) is 62.2 Å². The minimum atomic E-state index is -0.939. The van der Waals surface area contributed by atoms with Crippen molar-refractivity contribution in [2.75, 3.05) is 0 Å². The van der Waals surface area contributed by atoms with E-state index in [1.165, 1.54) is 30.6 Å². The van der Waals surface area contributed by atoms with Gasteiger partial charge in [-0.05, 0) is 25.2 Å². The number of aromatic carboxylic acids is 1. The van der Waals surface area contributed by atoms with Crippen LogP contribution in [0.15, 0.2) is 5.38 Å². The Balaban J connectivity index is 1.83. The second-order valence-electron chi connectivity index (χ2n) is 4.45. The molecule has 1 aliphatic carbocycles. The van der Waals surface area contributed by atoms with Gasteiger partial charge in [0.2, 0.25) is 5.01 Å². The normalized spacial score (nSPS) is 24.8. The van der Waals surface area contributed by atoms with Crippen molar-refractivity contribution in [2.45, 2.75) is 38.8 Å². The van der Waals surface area contributed by atoms with Crippen molar-refractivity contribution < 1.29 is 9.90 Å². The second kappa shape index (κ2) is 4.93. The third-order valence-electron chi connectivity index (χ3n) is 3.00. The van der Waals surface area contributed by atoms with E-state index in [4.69, 9.17) is 5.11 Å². The first-order valence-electron chi connectivity index (χ1n) is 5.56. The third-order valence-corrected chi connectivity index (χ3v) is 3.88. The van der Waals surface area contributed by atoms with Gasteiger partial charge >= 0.3 is 5.97 Å². The largest absolute Gasteiger partial charge is 0.476 e. The van der Waals surface area contributed by atoms with Crippen LogP contribution in [0, 0.1) is 5.92 Å². The summed E-state index contributed by atoms with van der Waals surface area (Å²) in [6.07, 6.45) is 3.72. The van der Waals surface area contributed by atoms with Crippen molar-refractivity contribution in [1.29, 1.82) is 0 Å². The van der Waals surface area contributed by atoms with Crippen LogP contribution in [0.25, 0.3) is 0 Å². The van der Waals surface area contributed by atoms with Gasteiger partial charge in [-0.25, -0.2) is 9.78 Å². The number of hydrogen-bond acceptors (Lipinski definition) is 4. The van der Waals surface area contributed by atoms with Gasteiger partial charge in [-0.3, -0.25) is 0 Å². The van der Waals surface area contributed by atoms with E-state index >= 15 is 0 Å². The fraction of sp³-hybridized carbons (Fsp3) is 0.636. The fourth-order valence-electron chi connectivity index (χ4n) is 2.13. The molecule has 5 heteroatoms. The van der Waals surface area contributed by atoms with Gasteiger partial charge in [-0.15, -0.1) is 11.3 Å². The Morgan fingerprint density at radius 1 is 1.69 bits per heavy atom. The molecule has 2 atom stereocenters. The van der Waals surface area contributed by atoms with E-state index in [1.54, 1.807) is 0 Å². The van der Waals surface area contributed by atoms with Crippen LogP contribution in [0.1, 0.15) is 41.7 Å². The molecule has 1 aliphatic rings. The zero-order valence-electron chi connectivity index (χ0n) is 9.27. The van der Waals surface area contributed by atoms with Gasteiger partial charge in [0.05, 0.1) is 5.69 Å². The molecule has 16 heavy (non-hydrogen) atoms. The third kappa shape index (κ3) is 2.80. The molecule has 2 unspecified atom stereocenters. The van der Waals surface area contributed by atoms with E-state index in [-0.39, 0.29) is 5.01 Å². The summed E-state index contributed by atoms with van der Waals surface area (Å²) in [6, 6.07) is 0.574. The number of thiazole rings is 1. The molecule has 1 aromatic rings. The smallest absolute Gasteiger partial charge is 0.365 e. The Labute approximate surface area is 98.7 Å². The van der Waals surface area contributed by atoms with Gasteiger partial charge in [0.1, 0.15) is 0 Å². The van der Waals surface area contributed by atoms with E-state index in [9.17, 15) is 4.79 Å². The van der Waals surface area contributed by atoms with Crippen molar-refractivity contribution in [3.05, 3.63) is 16.1 Å². The first-order chi connectivity index (χ1) is 7.65. The van der Waals surface area contributed by atoms with Crippen LogP contribution in [-0.4, -0.2) is 22.1 Å². The van der Waals surface area contributed by atoms with Crippen LogP contribution in [0.3, 0.4) is 0 Å². The van der Waals surface area contributed by atoms with Crippen LogP contribution < -0.4 is 5.32 Å². The molecule has 0 saturated heterocycles. The van der Waals surface area contributed by atoms with Crippen LogP contribution in [0.5, 0.6) is 0 Å². The number of carboxylic acids is 1. The lowest BCUT2D eigenvalue weighted by Crippen LogP contribution is -2.25. The van der Waals surface area contributed by atoms with E-state index in [0.717, 1.165) is 11.6 Å². The van der Waals surface area contributed by atoms with Crippen molar-refractivity contribution >= 4 is 17.3 Å². The highest BCUT2D eigenvalue weighted by Crippen LogP contribution is 2.24. The predicted molar refractivity (Wildman–Crippen MR) is 62.7 cm³/mol. The number of carboxylic acid groups (broad SMARTS) is 1. The zero-order valence-corrected chi connectivity index (χ0v) is 10.1. The first kappa shape index (κ1) is 11.5. The molecule has 1 saturated carbocycles. The molecule has 2 rings (SSSR count). The van der Waals surface area contributed by atoms with E-state index in [2.05, 4.69) is 17.2 Å². The van der Waals surface area contributed by atoms with Crippen LogP contribution in [-0.2, 0) is 6.54 Å². The summed E-state index contributed by atoms with van der Waals surface area (Å²) in [4.78, 5) is 14.7. The van der Waals surface area contributed by atoms with E-state index in [1.807, 2.05) is 5.38 Å². The number of rotatable bonds is 4. The molecule has 1 heterocycles. The minimum Gasteiger partial charge on any atom is -0.476 e. The van der Waals surface area contributed by atoms with Gasteiger partial charge < -0.3 is 10.4 Å². The monoisotopic (exact) mass is 240 g/mol.